The van der Waals surface area contributed by atoms with Crippen LogP contribution in [-0.2, 0) is 21.6 Å². The molecule has 3 nitrogen and oxygen atoms in total. The van der Waals surface area contributed by atoms with Gasteiger partial charge in [-0.1, -0.05) is 31.9 Å². The van der Waals surface area contributed by atoms with Gasteiger partial charge in [0, 0.05) is 0 Å². The van der Waals surface area contributed by atoms with Crippen molar-refractivity contribution >= 4 is 5.97 Å². The minimum absolute atomic E-state index is 0.308. The number of carbonyl (C=O) groups excluding carboxylic acids is 1. The zero-order valence-corrected chi connectivity index (χ0v) is 12.0. The summed E-state index contributed by atoms with van der Waals surface area (Å²) >= 11 is 0. The Labute approximate surface area is 118 Å². The molecule has 2 atom stereocenters. The molecule has 1 N–H and O–H groups in total. The van der Waals surface area contributed by atoms with E-state index in [1.54, 1.807) is 12.1 Å². The number of esters is 1. The molecular weight excluding hydrogens is 259 g/mol. The molecule has 2 unspecified atom stereocenters. The first-order valence-corrected chi connectivity index (χ1v) is 7.12. The van der Waals surface area contributed by atoms with Crippen molar-refractivity contribution < 1.29 is 19.0 Å². The van der Waals surface area contributed by atoms with Crippen LogP contribution in [0.1, 0.15) is 43.7 Å². The number of fused-ring (bicyclic) bond motifs is 1. The predicted octanol–water partition coefficient (Wildman–Crippen LogP) is 2.94. The number of methoxy groups -OCH3 is 1. The molecule has 0 heterocycles. The highest BCUT2D eigenvalue weighted by Crippen LogP contribution is 2.45. The van der Waals surface area contributed by atoms with E-state index in [1.165, 1.54) is 13.2 Å². The van der Waals surface area contributed by atoms with Gasteiger partial charge in [-0.25, -0.2) is 4.39 Å². The molecule has 1 aromatic rings. The van der Waals surface area contributed by atoms with E-state index in [2.05, 4.69) is 0 Å². The number of ether oxygens (including phenoxy) is 1. The topological polar surface area (TPSA) is 46.5 Å². The molecule has 20 heavy (non-hydrogen) atoms. The Morgan fingerprint density at radius 2 is 2.30 bits per heavy atom. The third kappa shape index (κ3) is 2.44. The summed E-state index contributed by atoms with van der Waals surface area (Å²) in [5, 5.41) is 11.0. The minimum Gasteiger partial charge on any atom is -0.469 e. The zero-order chi connectivity index (χ0) is 14.8. The molecule has 0 saturated heterocycles. The standard InChI is InChI=1S/C16H21FO3/c1-3-4-6-13(15(18)20-2)16(19)10-9-11-12(16)7-5-8-14(11)17/h5,7-8,13,19H,3-4,6,9-10H2,1-2H3. The van der Waals surface area contributed by atoms with Crippen molar-refractivity contribution in [3.8, 4) is 0 Å². The van der Waals surface area contributed by atoms with Gasteiger partial charge in [-0.15, -0.1) is 0 Å². The normalized spacial score (nSPS) is 22.4. The second-order valence-corrected chi connectivity index (χ2v) is 5.41. The van der Waals surface area contributed by atoms with Crippen LogP contribution in [-0.4, -0.2) is 18.2 Å². The van der Waals surface area contributed by atoms with E-state index in [9.17, 15) is 14.3 Å². The van der Waals surface area contributed by atoms with Gasteiger partial charge in [0.15, 0.2) is 0 Å². The summed E-state index contributed by atoms with van der Waals surface area (Å²) in [4.78, 5) is 12.0. The van der Waals surface area contributed by atoms with Crippen molar-refractivity contribution in [1.29, 1.82) is 0 Å². The van der Waals surface area contributed by atoms with Gasteiger partial charge in [0.05, 0.1) is 13.0 Å². The average Bonchev–Trinajstić information content (AvgIpc) is 2.79. The lowest BCUT2D eigenvalue weighted by molar-refractivity contribution is -0.157. The Hall–Kier alpha value is -1.42. The molecule has 0 radical (unpaired) electrons. The summed E-state index contributed by atoms with van der Waals surface area (Å²) in [5.41, 5.74) is -0.232. The highest BCUT2D eigenvalue weighted by Gasteiger charge is 2.47. The zero-order valence-electron chi connectivity index (χ0n) is 12.0. The fraction of sp³-hybridized carbons (Fsp3) is 0.562. The molecule has 1 aromatic carbocycles. The maximum Gasteiger partial charge on any atom is 0.311 e. The van der Waals surface area contributed by atoms with E-state index in [-0.39, 0.29) is 5.82 Å². The van der Waals surface area contributed by atoms with E-state index < -0.39 is 17.5 Å². The SMILES string of the molecule is CCCCC(C(=O)OC)C1(O)CCc2c(F)cccc21. The number of unbranched alkanes of at least 4 members (excludes halogenated alkanes) is 1. The lowest BCUT2D eigenvalue weighted by Crippen LogP contribution is -2.39. The van der Waals surface area contributed by atoms with Gasteiger partial charge in [0.1, 0.15) is 11.4 Å². The first kappa shape index (κ1) is 15.0. The summed E-state index contributed by atoms with van der Waals surface area (Å²) in [7, 11) is 1.33. The van der Waals surface area contributed by atoms with E-state index in [4.69, 9.17) is 4.74 Å². The van der Waals surface area contributed by atoms with Gasteiger partial charge < -0.3 is 9.84 Å². The third-order valence-electron chi connectivity index (χ3n) is 4.25. The molecule has 110 valence electrons. The number of aliphatic hydroxyl groups is 1. The highest BCUT2D eigenvalue weighted by molar-refractivity contribution is 5.74. The lowest BCUT2D eigenvalue weighted by Gasteiger charge is -2.31. The second kappa shape index (κ2) is 5.92. The quantitative estimate of drug-likeness (QED) is 0.844. The first-order chi connectivity index (χ1) is 9.54. The fourth-order valence-electron chi connectivity index (χ4n) is 3.13. The molecule has 1 aliphatic carbocycles. The van der Waals surface area contributed by atoms with Crippen molar-refractivity contribution in [3.05, 3.63) is 35.1 Å². The van der Waals surface area contributed by atoms with Crippen molar-refractivity contribution in [1.82, 2.24) is 0 Å². The molecule has 0 aliphatic heterocycles. The van der Waals surface area contributed by atoms with Crippen LogP contribution in [0.2, 0.25) is 0 Å². The summed E-state index contributed by atoms with van der Waals surface area (Å²) < 4.78 is 18.6. The summed E-state index contributed by atoms with van der Waals surface area (Å²) in [6.45, 7) is 2.03. The van der Waals surface area contributed by atoms with Gasteiger partial charge in [-0.3, -0.25) is 4.79 Å². The monoisotopic (exact) mass is 280 g/mol. The summed E-state index contributed by atoms with van der Waals surface area (Å²) in [6.07, 6.45) is 3.13. The lowest BCUT2D eigenvalue weighted by atomic mass is 9.79. The van der Waals surface area contributed by atoms with E-state index in [1.807, 2.05) is 6.92 Å². The molecule has 2 rings (SSSR count). The minimum atomic E-state index is -1.31. The first-order valence-electron chi connectivity index (χ1n) is 7.12. The van der Waals surface area contributed by atoms with E-state index in [0.717, 1.165) is 12.8 Å². The molecule has 0 amide bonds. The van der Waals surface area contributed by atoms with Crippen LogP contribution in [0.15, 0.2) is 18.2 Å². The molecule has 4 heteroatoms. The molecule has 0 fully saturated rings. The summed E-state index contributed by atoms with van der Waals surface area (Å²) in [6, 6.07) is 4.69. The van der Waals surface area contributed by atoms with Gasteiger partial charge in [0.25, 0.3) is 0 Å². The number of hydrogen-bond acceptors (Lipinski definition) is 3. The molecule has 0 bridgehead atoms. The van der Waals surface area contributed by atoms with Crippen LogP contribution in [0.4, 0.5) is 4.39 Å². The Morgan fingerprint density at radius 3 is 2.95 bits per heavy atom. The molecular formula is C16H21FO3. The van der Waals surface area contributed by atoms with Crippen molar-refractivity contribution in [3.63, 3.8) is 0 Å². The van der Waals surface area contributed by atoms with Gasteiger partial charge in [0.2, 0.25) is 0 Å². The van der Waals surface area contributed by atoms with Gasteiger partial charge >= 0.3 is 5.97 Å². The van der Waals surface area contributed by atoms with Crippen LogP contribution < -0.4 is 0 Å². The number of rotatable bonds is 5. The Bertz CT molecular complexity index is 500. The Morgan fingerprint density at radius 1 is 1.55 bits per heavy atom. The van der Waals surface area contributed by atoms with Crippen LogP contribution >= 0.6 is 0 Å². The summed E-state index contributed by atoms with van der Waals surface area (Å²) in [5.74, 6) is -1.36. The molecule has 0 aromatic heterocycles. The highest BCUT2D eigenvalue weighted by atomic mass is 19.1. The van der Waals surface area contributed by atoms with Crippen molar-refractivity contribution in [2.75, 3.05) is 7.11 Å². The number of carbonyl (C=O) groups is 1. The van der Waals surface area contributed by atoms with Crippen molar-refractivity contribution in [2.45, 2.75) is 44.6 Å². The smallest absolute Gasteiger partial charge is 0.311 e. The number of hydrogen-bond donors (Lipinski definition) is 1. The number of benzene rings is 1. The largest absolute Gasteiger partial charge is 0.469 e. The van der Waals surface area contributed by atoms with Crippen LogP contribution in [0.5, 0.6) is 0 Å². The maximum absolute atomic E-state index is 13.8. The average molecular weight is 280 g/mol. The van der Waals surface area contributed by atoms with Crippen LogP contribution in [0.3, 0.4) is 0 Å². The molecule has 0 spiro atoms. The Balaban J connectivity index is 2.39. The van der Waals surface area contributed by atoms with Gasteiger partial charge in [-0.05, 0) is 36.5 Å². The third-order valence-corrected chi connectivity index (χ3v) is 4.25. The van der Waals surface area contributed by atoms with Crippen LogP contribution in [0, 0.1) is 11.7 Å². The fourth-order valence-corrected chi connectivity index (χ4v) is 3.13. The maximum atomic E-state index is 13.8. The van der Waals surface area contributed by atoms with E-state index in [0.29, 0.717) is 30.4 Å². The van der Waals surface area contributed by atoms with Crippen molar-refractivity contribution in [2.24, 2.45) is 5.92 Å². The molecule has 0 saturated carbocycles. The predicted molar refractivity (Wildman–Crippen MR) is 73.6 cm³/mol. The molecule has 1 aliphatic rings. The second-order valence-electron chi connectivity index (χ2n) is 5.41. The van der Waals surface area contributed by atoms with E-state index >= 15 is 0 Å². The number of halogens is 1. The Kier molecular flexibility index (Phi) is 4.43. The van der Waals surface area contributed by atoms with Gasteiger partial charge in [-0.2, -0.15) is 0 Å². The van der Waals surface area contributed by atoms with Crippen LogP contribution in [0.25, 0.3) is 0 Å².